The maximum absolute atomic E-state index is 12.9. The molecule has 0 saturated carbocycles. The molecule has 1 saturated heterocycles. The van der Waals surface area contributed by atoms with Crippen molar-refractivity contribution in [3.05, 3.63) is 58.1 Å². The van der Waals surface area contributed by atoms with Crippen molar-refractivity contribution in [3.8, 4) is 11.3 Å². The highest BCUT2D eigenvalue weighted by molar-refractivity contribution is 5.90. The van der Waals surface area contributed by atoms with E-state index in [2.05, 4.69) is 30.3 Å². The van der Waals surface area contributed by atoms with E-state index in [0.717, 1.165) is 47.2 Å². The summed E-state index contributed by atoms with van der Waals surface area (Å²) >= 11 is 0. The van der Waals surface area contributed by atoms with Crippen molar-refractivity contribution in [2.45, 2.75) is 26.3 Å². The second-order valence-corrected chi connectivity index (χ2v) is 7.72. The predicted molar refractivity (Wildman–Crippen MR) is 112 cm³/mol. The third-order valence-electron chi connectivity index (χ3n) is 5.96. The number of aromatic nitrogens is 4. The van der Waals surface area contributed by atoms with E-state index < -0.39 is 0 Å². The molecule has 1 atom stereocenters. The van der Waals surface area contributed by atoms with Crippen LogP contribution in [0.25, 0.3) is 33.1 Å². The molecule has 1 unspecified atom stereocenters. The average molecular weight is 373 g/mol. The van der Waals surface area contributed by atoms with Crippen molar-refractivity contribution >= 4 is 21.8 Å². The van der Waals surface area contributed by atoms with Gasteiger partial charge in [0.25, 0.3) is 5.56 Å². The van der Waals surface area contributed by atoms with Gasteiger partial charge in [-0.15, -0.1) is 0 Å². The van der Waals surface area contributed by atoms with Crippen molar-refractivity contribution in [2.75, 3.05) is 13.1 Å². The van der Waals surface area contributed by atoms with E-state index in [1.165, 1.54) is 11.1 Å². The smallest absolute Gasteiger partial charge is 0.260 e. The number of benzene rings is 1. The molecule has 28 heavy (non-hydrogen) atoms. The lowest BCUT2D eigenvalue weighted by Gasteiger charge is -2.14. The lowest BCUT2D eigenvalue weighted by atomic mass is 9.97. The Morgan fingerprint density at radius 1 is 1.18 bits per heavy atom. The Hall–Kier alpha value is -2.99. The second kappa shape index (κ2) is 6.27. The molecular weight excluding hydrogens is 350 g/mol. The molecule has 1 aliphatic rings. The van der Waals surface area contributed by atoms with Crippen LogP contribution in [0.4, 0.5) is 0 Å². The van der Waals surface area contributed by atoms with Crippen LogP contribution in [0.2, 0.25) is 0 Å². The van der Waals surface area contributed by atoms with Gasteiger partial charge in [0.1, 0.15) is 0 Å². The summed E-state index contributed by atoms with van der Waals surface area (Å²) in [4.78, 5) is 17.8. The number of aryl methyl sites for hydroxylation is 2. The number of rotatable bonds is 2. The summed E-state index contributed by atoms with van der Waals surface area (Å²) in [6, 6.07) is 8.22. The molecule has 1 fully saturated rings. The predicted octanol–water partition coefficient (Wildman–Crippen LogP) is 3.10. The first-order valence-corrected chi connectivity index (χ1v) is 9.69. The molecule has 1 N–H and O–H groups in total. The minimum Gasteiger partial charge on any atom is -0.315 e. The molecule has 0 spiro atoms. The van der Waals surface area contributed by atoms with Crippen LogP contribution in [0.3, 0.4) is 0 Å². The Labute approximate surface area is 162 Å². The van der Waals surface area contributed by atoms with Gasteiger partial charge in [0.15, 0.2) is 0 Å². The van der Waals surface area contributed by atoms with Gasteiger partial charge in [-0.25, -0.2) is 4.98 Å². The third kappa shape index (κ3) is 2.56. The van der Waals surface area contributed by atoms with Crippen molar-refractivity contribution in [2.24, 2.45) is 7.05 Å². The van der Waals surface area contributed by atoms with Crippen LogP contribution in [0.15, 0.2) is 41.5 Å². The SMILES string of the molecule is Cc1c(-c2ccc3c(=O)n(C4CCNC4)ccc3n2)cc2cn(C)nc2c1C. The lowest BCUT2D eigenvalue weighted by Crippen LogP contribution is -2.25. The quantitative estimate of drug-likeness (QED) is 0.586. The molecule has 6 heteroatoms. The van der Waals surface area contributed by atoms with Crippen LogP contribution in [-0.2, 0) is 7.05 Å². The van der Waals surface area contributed by atoms with Gasteiger partial charge in [0.2, 0.25) is 0 Å². The van der Waals surface area contributed by atoms with Crippen molar-refractivity contribution in [1.82, 2.24) is 24.6 Å². The summed E-state index contributed by atoms with van der Waals surface area (Å²) in [5.74, 6) is 0. The summed E-state index contributed by atoms with van der Waals surface area (Å²) in [6.45, 7) is 6.02. The van der Waals surface area contributed by atoms with Crippen LogP contribution >= 0.6 is 0 Å². The van der Waals surface area contributed by atoms with Gasteiger partial charge in [-0.05, 0) is 62.2 Å². The molecule has 0 radical (unpaired) electrons. The van der Waals surface area contributed by atoms with Crippen molar-refractivity contribution in [3.63, 3.8) is 0 Å². The van der Waals surface area contributed by atoms with E-state index >= 15 is 0 Å². The largest absolute Gasteiger partial charge is 0.315 e. The molecule has 0 amide bonds. The molecule has 3 aromatic heterocycles. The van der Waals surface area contributed by atoms with E-state index in [1.807, 2.05) is 46.9 Å². The monoisotopic (exact) mass is 373 g/mol. The topological polar surface area (TPSA) is 64.7 Å². The van der Waals surface area contributed by atoms with E-state index in [-0.39, 0.29) is 11.6 Å². The molecule has 0 bridgehead atoms. The first kappa shape index (κ1) is 17.1. The number of nitrogens with zero attached hydrogens (tertiary/aromatic N) is 4. The van der Waals surface area contributed by atoms with Crippen LogP contribution in [0.5, 0.6) is 0 Å². The van der Waals surface area contributed by atoms with E-state index in [0.29, 0.717) is 5.39 Å². The zero-order chi connectivity index (χ0) is 19.4. The number of hydrogen-bond donors (Lipinski definition) is 1. The van der Waals surface area contributed by atoms with Gasteiger partial charge < -0.3 is 9.88 Å². The maximum Gasteiger partial charge on any atom is 0.260 e. The van der Waals surface area contributed by atoms with Gasteiger partial charge in [-0.3, -0.25) is 9.48 Å². The fourth-order valence-electron chi connectivity index (χ4n) is 4.27. The van der Waals surface area contributed by atoms with E-state index in [9.17, 15) is 4.79 Å². The third-order valence-corrected chi connectivity index (χ3v) is 5.96. The molecular formula is C22H23N5O. The molecule has 142 valence electrons. The van der Waals surface area contributed by atoms with Gasteiger partial charge in [0, 0.05) is 36.9 Å². The number of nitrogens with one attached hydrogen (secondary N) is 1. The van der Waals surface area contributed by atoms with Crippen LogP contribution in [0, 0.1) is 13.8 Å². The average Bonchev–Trinajstić information content (AvgIpc) is 3.34. The zero-order valence-electron chi connectivity index (χ0n) is 16.4. The highest BCUT2D eigenvalue weighted by Gasteiger charge is 2.19. The summed E-state index contributed by atoms with van der Waals surface area (Å²) in [5.41, 5.74) is 6.12. The Morgan fingerprint density at radius 2 is 2.04 bits per heavy atom. The summed E-state index contributed by atoms with van der Waals surface area (Å²) in [7, 11) is 1.94. The standard InChI is InChI=1S/C22H23N5O/c1-13-14(2)21-15(12-26(3)25-21)10-18(13)19-5-4-17-20(24-19)7-9-27(22(17)28)16-6-8-23-11-16/h4-5,7,9-10,12,16,23H,6,8,11H2,1-3H3. The van der Waals surface area contributed by atoms with E-state index in [1.54, 1.807) is 0 Å². The summed E-state index contributed by atoms with van der Waals surface area (Å²) < 4.78 is 3.69. The molecule has 0 aliphatic carbocycles. The first-order chi connectivity index (χ1) is 13.5. The van der Waals surface area contributed by atoms with Crippen molar-refractivity contribution in [1.29, 1.82) is 0 Å². The normalized spacial score (nSPS) is 17.0. The Morgan fingerprint density at radius 3 is 2.82 bits per heavy atom. The Balaban J connectivity index is 1.66. The molecule has 1 aliphatic heterocycles. The summed E-state index contributed by atoms with van der Waals surface area (Å²) in [5, 5.41) is 9.67. The summed E-state index contributed by atoms with van der Waals surface area (Å²) in [6.07, 6.45) is 4.91. The number of pyridine rings is 2. The fraction of sp³-hybridized carbons (Fsp3) is 0.318. The van der Waals surface area contributed by atoms with Crippen LogP contribution in [-0.4, -0.2) is 32.4 Å². The van der Waals surface area contributed by atoms with Gasteiger partial charge in [-0.2, -0.15) is 5.10 Å². The first-order valence-electron chi connectivity index (χ1n) is 9.69. The fourth-order valence-corrected chi connectivity index (χ4v) is 4.27. The van der Waals surface area contributed by atoms with E-state index in [4.69, 9.17) is 4.98 Å². The minimum atomic E-state index is 0.0425. The van der Waals surface area contributed by atoms with Crippen molar-refractivity contribution < 1.29 is 0 Å². The number of hydrogen-bond acceptors (Lipinski definition) is 4. The number of fused-ring (bicyclic) bond motifs is 2. The second-order valence-electron chi connectivity index (χ2n) is 7.72. The molecule has 1 aromatic carbocycles. The van der Waals surface area contributed by atoms with Crippen LogP contribution in [0.1, 0.15) is 23.6 Å². The van der Waals surface area contributed by atoms with Gasteiger partial charge >= 0.3 is 0 Å². The Kier molecular flexibility index (Phi) is 3.84. The minimum absolute atomic E-state index is 0.0425. The molecule has 6 nitrogen and oxygen atoms in total. The lowest BCUT2D eigenvalue weighted by molar-refractivity contribution is 0.532. The molecule has 5 rings (SSSR count). The Bertz CT molecular complexity index is 1280. The molecule has 4 aromatic rings. The van der Waals surface area contributed by atoms with Gasteiger partial charge in [-0.1, -0.05) is 0 Å². The van der Waals surface area contributed by atoms with Crippen LogP contribution < -0.4 is 10.9 Å². The maximum atomic E-state index is 12.9. The highest BCUT2D eigenvalue weighted by Crippen LogP contribution is 2.31. The molecule has 4 heterocycles. The highest BCUT2D eigenvalue weighted by atomic mass is 16.1. The zero-order valence-corrected chi connectivity index (χ0v) is 16.4. The van der Waals surface area contributed by atoms with Gasteiger partial charge in [0.05, 0.1) is 28.2 Å².